The molecule has 0 saturated carbocycles. The highest BCUT2D eigenvalue weighted by Gasteiger charge is 2.35. The van der Waals surface area contributed by atoms with E-state index in [2.05, 4.69) is 5.32 Å². The van der Waals surface area contributed by atoms with E-state index in [1.165, 1.54) is 0 Å². The number of aliphatic hydroxyl groups excluding tert-OH is 1. The topological polar surface area (TPSA) is 117 Å². The summed E-state index contributed by atoms with van der Waals surface area (Å²) >= 11 is 0. The number of rotatable bonds is 3. The first kappa shape index (κ1) is 12.8. The molecule has 18 heavy (non-hydrogen) atoms. The summed E-state index contributed by atoms with van der Waals surface area (Å²) in [4.78, 5) is 24.6. The summed E-state index contributed by atoms with van der Waals surface area (Å²) < 4.78 is 6.60. The quantitative estimate of drug-likeness (QED) is 0.503. The Bertz CT molecular complexity index is 525. The maximum atomic E-state index is 11.6. The number of ether oxygens (including phenoxy) is 1. The van der Waals surface area contributed by atoms with Gasteiger partial charge in [-0.15, -0.1) is 0 Å². The predicted octanol–water partition coefficient (Wildman–Crippen LogP) is -1.89. The van der Waals surface area contributed by atoms with Crippen molar-refractivity contribution in [1.82, 2.24) is 14.9 Å². The van der Waals surface area contributed by atoms with E-state index in [1.54, 1.807) is 7.05 Å². The third kappa shape index (κ3) is 2.17. The van der Waals surface area contributed by atoms with Crippen molar-refractivity contribution < 1.29 is 14.9 Å². The fourth-order valence-corrected chi connectivity index (χ4v) is 2.06. The molecular weight excluding hydrogens is 242 g/mol. The van der Waals surface area contributed by atoms with Crippen LogP contribution in [0.15, 0.2) is 15.8 Å². The van der Waals surface area contributed by atoms with Crippen molar-refractivity contribution >= 4 is 0 Å². The molecule has 0 aromatic carbocycles. The number of aromatic amines is 1. The van der Waals surface area contributed by atoms with Crippen LogP contribution in [0.4, 0.5) is 0 Å². The van der Waals surface area contributed by atoms with Crippen LogP contribution in [0.1, 0.15) is 12.6 Å². The van der Waals surface area contributed by atoms with Gasteiger partial charge >= 0.3 is 5.69 Å². The van der Waals surface area contributed by atoms with E-state index < -0.39 is 29.3 Å². The average Bonchev–Trinajstić information content (AvgIpc) is 2.76. The lowest BCUT2D eigenvalue weighted by Gasteiger charge is -2.15. The van der Waals surface area contributed by atoms with Crippen LogP contribution in [0.3, 0.4) is 0 Å². The first-order chi connectivity index (χ1) is 8.56. The SMILES string of the molecule is CN[C@H]1C[C@H](n2cc(O)c(=O)[nH]c2=O)O[C@@H]1CO. The average molecular weight is 257 g/mol. The normalized spacial score (nSPS) is 27.6. The molecule has 4 N–H and O–H groups in total. The second kappa shape index (κ2) is 4.92. The first-order valence-electron chi connectivity index (χ1n) is 5.54. The molecule has 0 amide bonds. The number of aromatic hydroxyl groups is 1. The lowest BCUT2D eigenvalue weighted by Crippen LogP contribution is -2.35. The smallest absolute Gasteiger partial charge is 0.330 e. The fourth-order valence-electron chi connectivity index (χ4n) is 2.06. The van der Waals surface area contributed by atoms with E-state index in [9.17, 15) is 14.7 Å². The number of nitrogens with zero attached hydrogens (tertiary/aromatic N) is 1. The Morgan fingerprint density at radius 2 is 2.33 bits per heavy atom. The summed E-state index contributed by atoms with van der Waals surface area (Å²) in [6.45, 7) is -0.175. The lowest BCUT2D eigenvalue weighted by atomic mass is 10.1. The van der Waals surface area contributed by atoms with E-state index in [0.717, 1.165) is 10.8 Å². The molecule has 3 atom stereocenters. The van der Waals surface area contributed by atoms with E-state index in [-0.39, 0.29) is 12.6 Å². The minimum atomic E-state index is -0.835. The van der Waals surface area contributed by atoms with Gasteiger partial charge in [0, 0.05) is 12.5 Å². The molecule has 1 aliphatic rings. The summed E-state index contributed by atoms with van der Waals surface area (Å²) in [6.07, 6.45) is 0.432. The zero-order valence-electron chi connectivity index (χ0n) is 9.79. The molecule has 0 spiro atoms. The van der Waals surface area contributed by atoms with Gasteiger partial charge in [-0.25, -0.2) is 4.79 Å². The van der Waals surface area contributed by atoms with Gasteiger partial charge in [0.2, 0.25) is 0 Å². The zero-order valence-corrected chi connectivity index (χ0v) is 9.79. The molecule has 0 radical (unpaired) electrons. The van der Waals surface area contributed by atoms with Crippen molar-refractivity contribution in [2.75, 3.05) is 13.7 Å². The van der Waals surface area contributed by atoms with Crippen molar-refractivity contribution in [2.45, 2.75) is 24.8 Å². The standard InChI is InChI=1S/C10H15N3O5/c1-11-5-2-8(18-7(5)4-14)13-3-6(15)9(16)12-10(13)17/h3,5,7-8,11,14-15H,2,4H2,1H3,(H,12,16,17)/t5-,7+,8+/m0/s1. The van der Waals surface area contributed by atoms with Crippen molar-refractivity contribution in [3.63, 3.8) is 0 Å². The van der Waals surface area contributed by atoms with Gasteiger partial charge < -0.3 is 20.3 Å². The number of likely N-dealkylation sites (N-methyl/N-ethyl adjacent to an activating group) is 1. The van der Waals surface area contributed by atoms with Crippen LogP contribution in [0.2, 0.25) is 0 Å². The number of hydrogen-bond donors (Lipinski definition) is 4. The Labute approximate surface area is 102 Å². The summed E-state index contributed by atoms with van der Waals surface area (Å²) in [5.41, 5.74) is -1.49. The number of H-pyrrole nitrogens is 1. The molecule has 1 saturated heterocycles. The maximum Gasteiger partial charge on any atom is 0.330 e. The molecule has 1 aliphatic heterocycles. The van der Waals surface area contributed by atoms with Gasteiger partial charge in [-0.3, -0.25) is 14.3 Å². The maximum absolute atomic E-state index is 11.6. The van der Waals surface area contributed by atoms with E-state index in [4.69, 9.17) is 9.84 Å². The monoisotopic (exact) mass is 257 g/mol. The molecule has 2 heterocycles. The van der Waals surface area contributed by atoms with Gasteiger partial charge in [-0.1, -0.05) is 0 Å². The summed E-state index contributed by atoms with van der Waals surface area (Å²) in [5, 5.41) is 21.4. The number of nitrogens with one attached hydrogen (secondary N) is 2. The van der Waals surface area contributed by atoms with Gasteiger partial charge in [0.1, 0.15) is 6.23 Å². The Balaban J connectivity index is 2.31. The summed E-state index contributed by atoms with van der Waals surface area (Å²) in [6, 6.07) is -0.0963. The van der Waals surface area contributed by atoms with E-state index >= 15 is 0 Å². The largest absolute Gasteiger partial charge is 0.502 e. The molecule has 100 valence electrons. The minimum absolute atomic E-state index is 0.0963. The molecule has 1 aromatic rings. The minimum Gasteiger partial charge on any atom is -0.502 e. The van der Waals surface area contributed by atoms with Crippen molar-refractivity contribution in [3.05, 3.63) is 27.0 Å². The lowest BCUT2D eigenvalue weighted by molar-refractivity contribution is -0.0289. The molecule has 1 fully saturated rings. The van der Waals surface area contributed by atoms with Crippen molar-refractivity contribution in [2.24, 2.45) is 0 Å². The molecule has 0 unspecified atom stereocenters. The Hall–Kier alpha value is -1.64. The van der Waals surface area contributed by atoms with Gasteiger partial charge in [0.05, 0.1) is 18.9 Å². The Morgan fingerprint density at radius 3 is 2.89 bits per heavy atom. The van der Waals surface area contributed by atoms with Crippen LogP contribution in [0.5, 0.6) is 5.75 Å². The Kier molecular flexibility index (Phi) is 3.50. The van der Waals surface area contributed by atoms with Gasteiger partial charge in [-0.05, 0) is 7.05 Å². The molecule has 2 rings (SSSR count). The van der Waals surface area contributed by atoms with Crippen LogP contribution >= 0.6 is 0 Å². The third-order valence-corrected chi connectivity index (χ3v) is 3.05. The van der Waals surface area contributed by atoms with Crippen molar-refractivity contribution in [1.29, 1.82) is 0 Å². The highest BCUT2D eigenvalue weighted by atomic mass is 16.5. The Morgan fingerprint density at radius 1 is 1.61 bits per heavy atom. The molecule has 1 aromatic heterocycles. The second-order valence-corrected chi connectivity index (χ2v) is 4.12. The van der Waals surface area contributed by atoms with E-state index in [1.807, 2.05) is 4.98 Å². The molecule has 0 aliphatic carbocycles. The third-order valence-electron chi connectivity index (χ3n) is 3.05. The molecular formula is C10H15N3O5. The van der Waals surface area contributed by atoms with Gasteiger partial charge in [-0.2, -0.15) is 0 Å². The summed E-state index contributed by atoms with van der Waals surface area (Å²) in [7, 11) is 1.73. The first-order valence-corrected chi connectivity index (χ1v) is 5.54. The zero-order chi connectivity index (χ0) is 13.3. The summed E-state index contributed by atoms with van der Waals surface area (Å²) in [5.74, 6) is -0.549. The van der Waals surface area contributed by atoms with Crippen LogP contribution in [-0.2, 0) is 4.74 Å². The number of aliphatic hydroxyl groups is 1. The highest BCUT2D eigenvalue weighted by molar-refractivity contribution is 5.09. The van der Waals surface area contributed by atoms with Gasteiger partial charge in [0.15, 0.2) is 5.75 Å². The molecule has 8 heteroatoms. The predicted molar refractivity (Wildman–Crippen MR) is 61.4 cm³/mol. The fraction of sp³-hybridized carbons (Fsp3) is 0.600. The number of aromatic nitrogens is 2. The van der Waals surface area contributed by atoms with Crippen molar-refractivity contribution in [3.8, 4) is 5.75 Å². The van der Waals surface area contributed by atoms with Crippen LogP contribution in [0, 0.1) is 0 Å². The van der Waals surface area contributed by atoms with Crippen LogP contribution < -0.4 is 16.6 Å². The van der Waals surface area contributed by atoms with Crippen LogP contribution in [-0.4, -0.2) is 45.6 Å². The molecule has 0 bridgehead atoms. The van der Waals surface area contributed by atoms with E-state index in [0.29, 0.717) is 6.42 Å². The second-order valence-electron chi connectivity index (χ2n) is 4.12. The number of hydrogen-bond acceptors (Lipinski definition) is 6. The highest BCUT2D eigenvalue weighted by Crippen LogP contribution is 2.27. The molecule has 8 nitrogen and oxygen atoms in total. The van der Waals surface area contributed by atoms with Crippen LogP contribution in [0.25, 0.3) is 0 Å². The van der Waals surface area contributed by atoms with Gasteiger partial charge in [0.25, 0.3) is 5.56 Å².